The van der Waals surface area contributed by atoms with Crippen molar-refractivity contribution in [2.75, 3.05) is 28.4 Å². The summed E-state index contributed by atoms with van der Waals surface area (Å²) in [5.74, 6) is 2.24. The van der Waals surface area contributed by atoms with Crippen molar-refractivity contribution in [2.24, 2.45) is 0 Å². The van der Waals surface area contributed by atoms with Crippen LogP contribution >= 0.6 is 0 Å². The summed E-state index contributed by atoms with van der Waals surface area (Å²) in [6, 6.07) is 16.7. The molecule has 0 aliphatic rings. The van der Waals surface area contributed by atoms with Crippen LogP contribution < -0.4 is 34.5 Å². The quantitative estimate of drug-likeness (QED) is 0.136. The van der Waals surface area contributed by atoms with Gasteiger partial charge in [-0.2, -0.15) is 0 Å². The van der Waals surface area contributed by atoms with E-state index in [0.29, 0.717) is 84.1 Å². The number of rotatable bonds is 7. The minimum atomic E-state index is -0.434. The third kappa shape index (κ3) is 6.64. The summed E-state index contributed by atoms with van der Waals surface area (Å²) >= 11 is 0. The Morgan fingerprint density at radius 1 is 0.592 bits per heavy atom. The van der Waals surface area contributed by atoms with E-state index in [1.165, 1.54) is 39.7 Å². The molecule has 6 aromatic rings. The van der Waals surface area contributed by atoms with Gasteiger partial charge in [0.25, 0.3) is 0 Å². The van der Waals surface area contributed by atoms with E-state index in [1.54, 1.807) is 82.7 Å². The highest BCUT2D eigenvalue weighted by Gasteiger charge is 2.17. The molecule has 49 heavy (non-hydrogen) atoms. The Kier molecular flexibility index (Phi) is 9.93. The first-order valence-electron chi connectivity index (χ1n) is 14.9. The lowest BCUT2D eigenvalue weighted by Gasteiger charge is -2.11. The van der Waals surface area contributed by atoms with Crippen LogP contribution in [0.15, 0.2) is 91.6 Å². The van der Waals surface area contributed by atoms with Gasteiger partial charge in [0.1, 0.15) is 35.2 Å². The number of hydrogen-bond donors (Lipinski definition) is 1. The molecule has 2 aromatic heterocycles. The molecule has 0 atom stereocenters. The van der Waals surface area contributed by atoms with Crippen LogP contribution in [0.3, 0.4) is 0 Å². The molecule has 0 spiro atoms. The molecule has 0 fully saturated rings. The van der Waals surface area contributed by atoms with Crippen LogP contribution in [-0.2, 0) is 4.79 Å². The predicted octanol–water partition coefficient (Wildman–Crippen LogP) is 7.20. The van der Waals surface area contributed by atoms with Crippen LogP contribution in [0.1, 0.15) is 18.1 Å². The maximum atomic E-state index is 12.9. The van der Waals surface area contributed by atoms with Gasteiger partial charge in [0.2, 0.25) is 10.9 Å². The highest BCUT2D eigenvalue weighted by molar-refractivity contribution is 5.87. The van der Waals surface area contributed by atoms with Gasteiger partial charge in [-0.05, 0) is 73.5 Å². The third-order valence-electron chi connectivity index (χ3n) is 7.94. The topological polar surface area (TPSA) is 144 Å². The second-order valence-electron chi connectivity index (χ2n) is 10.8. The number of fused-ring (bicyclic) bond motifs is 2. The van der Waals surface area contributed by atoms with Gasteiger partial charge >= 0.3 is 5.97 Å². The summed E-state index contributed by atoms with van der Waals surface area (Å²) in [6.45, 7) is 4.76. The normalized spacial score (nSPS) is 10.7. The lowest BCUT2D eigenvalue weighted by Crippen LogP contribution is -2.07. The van der Waals surface area contributed by atoms with Crippen LogP contribution in [0.25, 0.3) is 44.2 Å². The standard InChI is InChI=1S/C20H18O6.C18H16O5/c1-11-16(26-12(2)21)8-6-14-19(22)15(10-25-20(11)14)13-5-7-17(23-3)18(9-13)24-4;1-10-14(19)6-5-12-17(20)13(9-23-18(10)12)11-4-7-15(21-2)16(8-11)22-3/h5-10H,1-4H3;4-9,19H,1-3H3. The van der Waals surface area contributed by atoms with Crippen molar-refractivity contribution in [3.8, 4) is 56.8 Å². The monoisotopic (exact) mass is 666 g/mol. The zero-order chi connectivity index (χ0) is 35.4. The average molecular weight is 667 g/mol. The summed E-state index contributed by atoms with van der Waals surface area (Å²) in [5.41, 5.74) is 3.70. The summed E-state index contributed by atoms with van der Waals surface area (Å²) in [7, 11) is 6.17. The van der Waals surface area contributed by atoms with E-state index >= 15 is 0 Å². The second-order valence-corrected chi connectivity index (χ2v) is 10.8. The fraction of sp³-hybridized carbons (Fsp3) is 0.184. The molecule has 0 bridgehead atoms. The van der Waals surface area contributed by atoms with Crippen LogP contribution in [0.4, 0.5) is 0 Å². The number of aromatic hydroxyl groups is 1. The van der Waals surface area contributed by atoms with E-state index in [9.17, 15) is 19.5 Å². The number of aryl methyl sites for hydroxylation is 2. The first kappa shape index (κ1) is 34.1. The fourth-order valence-electron chi connectivity index (χ4n) is 5.32. The van der Waals surface area contributed by atoms with E-state index in [0.717, 1.165) is 0 Å². The van der Waals surface area contributed by atoms with Gasteiger partial charge in [0, 0.05) is 18.1 Å². The Hall–Kier alpha value is -6.23. The van der Waals surface area contributed by atoms with Gasteiger partial charge in [-0.1, -0.05) is 12.1 Å². The molecular formula is C38H34O11. The molecule has 252 valence electrons. The number of phenols is 1. The molecule has 11 nitrogen and oxygen atoms in total. The number of methoxy groups -OCH3 is 4. The molecular weight excluding hydrogens is 632 g/mol. The van der Waals surface area contributed by atoms with Gasteiger partial charge in [-0.15, -0.1) is 0 Å². The molecule has 4 aromatic carbocycles. The van der Waals surface area contributed by atoms with E-state index in [4.69, 9.17) is 32.5 Å². The minimum Gasteiger partial charge on any atom is -0.508 e. The Morgan fingerprint density at radius 3 is 1.47 bits per heavy atom. The largest absolute Gasteiger partial charge is 0.508 e. The van der Waals surface area contributed by atoms with Crippen molar-refractivity contribution < 1.29 is 42.4 Å². The van der Waals surface area contributed by atoms with Crippen molar-refractivity contribution in [1.82, 2.24) is 0 Å². The van der Waals surface area contributed by atoms with Crippen molar-refractivity contribution in [3.63, 3.8) is 0 Å². The van der Waals surface area contributed by atoms with Gasteiger partial charge in [-0.25, -0.2) is 0 Å². The smallest absolute Gasteiger partial charge is 0.308 e. The van der Waals surface area contributed by atoms with Crippen molar-refractivity contribution >= 4 is 27.9 Å². The first-order chi connectivity index (χ1) is 23.5. The van der Waals surface area contributed by atoms with Gasteiger partial charge in [0.05, 0.1) is 50.3 Å². The van der Waals surface area contributed by atoms with Gasteiger partial charge in [-0.3, -0.25) is 14.4 Å². The fourth-order valence-corrected chi connectivity index (χ4v) is 5.32. The van der Waals surface area contributed by atoms with Crippen LogP contribution in [0, 0.1) is 13.8 Å². The van der Waals surface area contributed by atoms with E-state index in [-0.39, 0.29) is 16.6 Å². The summed E-state index contributed by atoms with van der Waals surface area (Å²) in [6.07, 6.45) is 2.80. The third-order valence-corrected chi connectivity index (χ3v) is 7.94. The highest BCUT2D eigenvalue weighted by atomic mass is 16.5. The molecule has 0 aliphatic carbocycles. The lowest BCUT2D eigenvalue weighted by atomic mass is 10.0. The van der Waals surface area contributed by atoms with E-state index < -0.39 is 5.97 Å². The minimum absolute atomic E-state index is 0.0968. The average Bonchev–Trinajstić information content (AvgIpc) is 3.11. The zero-order valence-electron chi connectivity index (χ0n) is 28.0. The highest BCUT2D eigenvalue weighted by Crippen LogP contribution is 2.34. The summed E-state index contributed by atoms with van der Waals surface area (Å²) in [5, 5.41) is 10.6. The molecule has 0 aliphatic heterocycles. The molecule has 0 radical (unpaired) electrons. The summed E-state index contributed by atoms with van der Waals surface area (Å²) < 4.78 is 37.4. The molecule has 1 N–H and O–H groups in total. The molecule has 6 rings (SSSR count). The lowest BCUT2D eigenvalue weighted by molar-refractivity contribution is -0.131. The van der Waals surface area contributed by atoms with Crippen molar-refractivity contribution in [2.45, 2.75) is 20.8 Å². The molecule has 11 heteroatoms. The number of carbonyl (C=O) groups is 1. The molecule has 2 heterocycles. The zero-order valence-corrected chi connectivity index (χ0v) is 28.0. The van der Waals surface area contributed by atoms with Crippen LogP contribution in [0.5, 0.6) is 34.5 Å². The Bertz CT molecular complexity index is 2320. The summed E-state index contributed by atoms with van der Waals surface area (Å²) in [4.78, 5) is 36.8. The molecule has 0 saturated heterocycles. The van der Waals surface area contributed by atoms with Crippen LogP contribution in [-0.4, -0.2) is 39.5 Å². The number of ether oxygens (including phenoxy) is 5. The Labute approximate surface area is 280 Å². The number of phenolic OH excluding ortho intramolecular Hbond substituents is 1. The number of carbonyl (C=O) groups excluding carboxylic acids is 1. The maximum Gasteiger partial charge on any atom is 0.308 e. The molecule has 0 amide bonds. The van der Waals surface area contributed by atoms with Crippen molar-refractivity contribution in [1.29, 1.82) is 0 Å². The second kappa shape index (κ2) is 14.3. The number of benzene rings is 4. The van der Waals surface area contributed by atoms with Crippen molar-refractivity contribution in [3.05, 3.63) is 105 Å². The van der Waals surface area contributed by atoms with Gasteiger partial charge in [0.15, 0.2) is 23.0 Å². The van der Waals surface area contributed by atoms with E-state index in [2.05, 4.69) is 0 Å². The number of hydrogen-bond acceptors (Lipinski definition) is 11. The first-order valence-corrected chi connectivity index (χ1v) is 14.9. The van der Waals surface area contributed by atoms with Crippen LogP contribution in [0.2, 0.25) is 0 Å². The maximum absolute atomic E-state index is 12.9. The Balaban J connectivity index is 0.000000192. The molecule has 0 saturated carbocycles. The van der Waals surface area contributed by atoms with E-state index in [1.807, 2.05) is 0 Å². The van der Waals surface area contributed by atoms with Gasteiger partial charge < -0.3 is 37.6 Å². The predicted molar refractivity (Wildman–Crippen MR) is 184 cm³/mol. The number of esters is 1. The SMILES string of the molecule is COc1ccc(-c2coc3c(C)c(O)ccc3c2=O)cc1OC.COc1ccc(-c2coc3c(C)c(OC(C)=O)ccc3c2=O)cc1OC. The Morgan fingerprint density at radius 2 is 1.02 bits per heavy atom. The molecule has 0 unspecified atom stereocenters.